The second-order valence-electron chi connectivity index (χ2n) is 6.12. The molecule has 1 amide bonds. The molecule has 0 fully saturated rings. The van der Waals surface area contributed by atoms with Gasteiger partial charge in [0.2, 0.25) is 21.8 Å². The van der Waals surface area contributed by atoms with Gasteiger partial charge in [0.25, 0.3) is 0 Å². The largest absolute Gasteiger partial charge is 0.441 e. The van der Waals surface area contributed by atoms with Crippen molar-refractivity contribution in [3.63, 3.8) is 0 Å². The SMILES string of the molecule is Cc1oc(-c2ccccc2)nc1CC(=O)Nc1cccc(CS(N)(=O)=O)c1. The minimum Gasteiger partial charge on any atom is -0.441 e. The molecule has 27 heavy (non-hydrogen) atoms. The molecule has 0 aliphatic carbocycles. The molecule has 3 N–H and O–H groups in total. The Morgan fingerprint density at radius 3 is 2.59 bits per heavy atom. The summed E-state index contributed by atoms with van der Waals surface area (Å²) in [6, 6.07) is 16.0. The quantitative estimate of drug-likeness (QED) is 0.677. The molecule has 3 rings (SSSR count). The van der Waals surface area contributed by atoms with Crippen molar-refractivity contribution in [3.05, 3.63) is 71.6 Å². The Balaban J connectivity index is 1.70. The average Bonchev–Trinajstić information content (AvgIpc) is 2.95. The van der Waals surface area contributed by atoms with E-state index in [2.05, 4.69) is 10.3 Å². The predicted molar refractivity (Wildman–Crippen MR) is 102 cm³/mol. The van der Waals surface area contributed by atoms with E-state index in [1.54, 1.807) is 31.2 Å². The first-order chi connectivity index (χ1) is 12.8. The third-order valence-electron chi connectivity index (χ3n) is 3.82. The number of hydrogen-bond donors (Lipinski definition) is 2. The number of benzene rings is 2. The van der Waals surface area contributed by atoms with Gasteiger partial charge in [-0.05, 0) is 36.8 Å². The molecule has 0 bridgehead atoms. The number of nitrogens with zero attached hydrogens (tertiary/aromatic N) is 1. The summed E-state index contributed by atoms with van der Waals surface area (Å²) in [6.45, 7) is 1.76. The summed E-state index contributed by atoms with van der Waals surface area (Å²) >= 11 is 0. The van der Waals surface area contributed by atoms with Crippen molar-refractivity contribution in [2.24, 2.45) is 5.14 Å². The van der Waals surface area contributed by atoms with Crippen molar-refractivity contribution < 1.29 is 17.6 Å². The summed E-state index contributed by atoms with van der Waals surface area (Å²) in [7, 11) is -3.64. The van der Waals surface area contributed by atoms with Crippen molar-refractivity contribution in [2.45, 2.75) is 19.1 Å². The van der Waals surface area contributed by atoms with Crippen LogP contribution in [0, 0.1) is 6.92 Å². The van der Waals surface area contributed by atoms with E-state index in [1.807, 2.05) is 30.3 Å². The number of carbonyl (C=O) groups is 1. The first-order valence-electron chi connectivity index (χ1n) is 8.21. The monoisotopic (exact) mass is 385 g/mol. The van der Waals surface area contributed by atoms with Crippen molar-refractivity contribution >= 4 is 21.6 Å². The summed E-state index contributed by atoms with van der Waals surface area (Å²) in [4.78, 5) is 16.7. The number of aromatic nitrogens is 1. The predicted octanol–water partition coefficient (Wildman–Crippen LogP) is 2.62. The van der Waals surface area contributed by atoms with E-state index in [1.165, 1.54) is 0 Å². The second kappa shape index (κ2) is 7.73. The molecule has 0 saturated heterocycles. The number of sulfonamides is 1. The van der Waals surface area contributed by atoms with E-state index < -0.39 is 10.0 Å². The standard InChI is InChI=1S/C19H19N3O4S/c1-13-17(22-19(26-13)15-7-3-2-4-8-15)11-18(23)21-16-9-5-6-14(10-16)12-27(20,24)25/h2-10H,11-12H2,1H3,(H,21,23)(H2,20,24,25). The molecule has 0 aliphatic heterocycles. The lowest BCUT2D eigenvalue weighted by molar-refractivity contribution is -0.115. The molecule has 7 nitrogen and oxygen atoms in total. The van der Waals surface area contributed by atoms with Gasteiger partial charge in [-0.2, -0.15) is 0 Å². The maximum absolute atomic E-state index is 12.3. The van der Waals surface area contributed by atoms with Gasteiger partial charge in [0.05, 0.1) is 17.9 Å². The minimum atomic E-state index is -3.64. The number of carbonyl (C=O) groups excluding carboxylic acids is 1. The number of nitrogens with one attached hydrogen (secondary N) is 1. The Bertz CT molecular complexity index is 1060. The first-order valence-corrected chi connectivity index (χ1v) is 9.93. The molecule has 0 saturated carbocycles. The van der Waals surface area contributed by atoms with Gasteiger partial charge in [-0.3, -0.25) is 4.79 Å². The Morgan fingerprint density at radius 2 is 1.89 bits per heavy atom. The van der Waals surface area contributed by atoms with Crippen LogP contribution in [0.15, 0.2) is 59.0 Å². The van der Waals surface area contributed by atoms with Crippen molar-refractivity contribution in [1.82, 2.24) is 4.98 Å². The van der Waals surface area contributed by atoms with Gasteiger partial charge in [0, 0.05) is 11.3 Å². The van der Waals surface area contributed by atoms with Crippen LogP contribution in [0.25, 0.3) is 11.5 Å². The zero-order valence-corrected chi connectivity index (χ0v) is 15.5. The molecule has 3 aromatic rings. The normalized spacial score (nSPS) is 11.3. The van der Waals surface area contributed by atoms with E-state index in [-0.39, 0.29) is 18.1 Å². The summed E-state index contributed by atoms with van der Waals surface area (Å²) < 4.78 is 28.1. The number of primary sulfonamides is 1. The number of aryl methyl sites for hydroxylation is 1. The maximum atomic E-state index is 12.3. The third-order valence-corrected chi connectivity index (χ3v) is 4.56. The summed E-state index contributed by atoms with van der Waals surface area (Å²) in [6.07, 6.45) is 0.0432. The molecule has 140 valence electrons. The second-order valence-corrected chi connectivity index (χ2v) is 7.73. The van der Waals surface area contributed by atoms with Gasteiger partial charge in [0.1, 0.15) is 5.76 Å². The lowest BCUT2D eigenvalue weighted by Crippen LogP contribution is -2.16. The highest BCUT2D eigenvalue weighted by Crippen LogP contribution is 2.22. The summed E-state index contributed by atoms with van der Waals surface area (Å²) in [5.41, 5.74) is 2.37. The van der Waals surface area contributed by atoms with E-state index in [9.17, 15) is 13.2 Å². The Morgan fingerprint density at radius 1 is 1.15 bits per heavy atom. The van der Waals surface area contributed by atoms with Crippen molar-refractivity contribution in [2.75, 3.05) is 5.32 Å². The van der Waals surface area contributed by atoms with Gasteiger partial charge in [-0.1, -0.05) is 30.3 Å². The Labute approximate surface area is 157 Å². The fourth-order valence-corrected chi connectivity index (χ4v) is 3.27. The van der Waals surface area contributed by atoms with Gasteiger partial charge in [0.15, 0.2) is 0 Å². The van der Waals surface area contributed by atoms with Crippen LogP contribution in [0.2, 0.25) is 0 Å². The molecular weight excluding hydrogens is 366 g/mol. The molecule has 1 heterocycles. The van der Waals surface area contributed by atoms with Crippen LogP contribution in [0.3, 0.4) is 0 Å². The van der Waals surface area contributed by atoms with Gasteiger partial charge in [-0.25, -0.2) is 18.5 Å². The zero-order valence-electron chi connectivity index (χ0n) is 14.7. The van der Waals surface area contributed by atoms with Gasteiger partial charge >= 0.3 is 0 Å². The van der Waals surface area contributed by atoms with Crippen LogP contribution in [0.1, 0.15) is 17.0 Å². The van der Waals surface area contributed by atoms with Crippen molar-refractivity contribution in [3.8, 4) is 11.5 Å². The van der Waals surface area contributed by atoms with Crippen LogP contribution in [0.5, 0.6) is 0 Å². The molecular formula is C19H19N3O4S. The fourth-order valence-electron chi connectivity index (χ4n) is 2.62. The Hall–Kier alpha value is -2.97. The molecule has 8 heteroatoms. The lowest BCUT2D eigenvalue weighted by Gasteiger charge is -2.06. The van der Waals surface area contributed by atoms with E-state index in [0.717, 1.165) is 5.56 Å². The zero-order chi connectivity index (χ0) is 19.4. The number of hydrogen-bond acceptors (Lipinski definition) is 5. The fraction of sp³-hybridized carbons (Fsp3) is 0.158. The van der Waals surface area contributed by atoms with E-state index in [4.69, 9.17) is 9.56 Å². The van der Waals surface area contributed by atoms with E-state index >= 15 is 0 Å². The molecule has 0 aliphatic rings. The van der Waals surface area contributed by atoms with Crippen LogP contribution in [-0.4, -0.2) is 19.3 Å². The molecule has 1 aromatic heterocycles. The Kier molecular flexibility index (Phi) is 5.38. The number of rotatable bonds is 6. The molecule has 0 spiro atoms. The first kappa shape index (κ1) is 18.8. The van der Waals surface area contributed by atoms with Crippen LogP contribution in [0.4, 0.5) is 5.69 Å². The number of oxazole rings is 1. The van der Waals surface area contributed by atoms with Crippen LogP contribution < -0.4 is 10.5 Å². The lowest BCUT2D eigenvalue weighted by atomic mass is 10.2. The molecule has 2 aromatic carbocycles. The molecule has 0 radical (unpaired) electrons. The summed E-state index contributed by atoms with van der Waals surface area (Å²) in [5.74, 6) is 0.469. The topological polar surface area (TPSA) is 115 Å². The van der Waals surface area contributed by atoms with Gasteiger partial charge < -0.3 is 9.73 Å². The van der Waals surface area contributed by atoms with Crippen LogP contribution in [-0.2, 0) is 27.0 Å². The smallest absolute Gasteiger partial charge is 0.230 e. The van der Waals surface area contributed by atoms with Crippen LogP contribution >= 0.6 is 0 Å². The molecule has 0 unspecified atom stereocenters. The van der Waals surface area contributed by atoms with Crippen molar-refractivity contribution in [1.29, 1.82) is 0 Å². The molecule has 0 atom stereocenters. The average molecular weight is 385 g/mol. The minimum absolute atomic E-state index is 0.0432. The highest BCUT2D eigenvalue weighted by Gasteiger charge is 2.15. The van der Waals surface area contributed by atoms with E-state index in [0.29, 0.717) is 28.6 Å². The maximum Gasteiger partial charge on any atom is 0.230 e. The number of nitrogens with two attached hydrogens (primary N) is 1. The number of amides is 1. The number of anilines is 1. The summed E-state index contributed by atoms with van der Waals surface area (Å²) in [5, 5.41) is 7.79. The highest BCUT2D eigenvalue weighted by atomic mass is 32.2. The highest BCUT2D eigenvalue weighted by molar-refractivity contribution is 7.88. The van der Waals surface area contributed by atoms with Gasteiger partial charge in [-0.15, -0.1) is 0 Å². The third kappa shape index (κ3) is 5.25.